The molecule has 0 aliphatic rings. The molecular weight excluding hydrogens is 340 g/mol. The lowest BCUT2D eigenvalue weighted by Gasteiger charge is -2.04. The van der Waals surface area contributed by atoms with E-state index in [4.69, 9.17) is 9.84 Å². The van der Waals surface area contributed by atoms with E-state index in [0.717, 1.165) is 11.6 Å². The fraction of sp³-hybridized carbons (Fsp3) is 0.111. The molecule has 26 heavy (non-hydrogen) atoms. The Labute approximate surface area is 148 Å². The van der Waals surface area contributed by atoms with Crippen molar-refractivity contribution in [3.63, 3.8) is 0 Å². The highest BCUT2D eigenvalue weighted by Crippen LogP contribution is 2.19. The predicted molar refractivity (Wildman–Crippen MR) is 91.6 cm³/mol. The minimum atomic E-state index is -1.27. The van der Waals surface area contributed by atoms with Gasteiger partial charge in [-0.1, -0.05) is 42.2 Å². The van der Waals surface area contributed by atoms with Crippen LogP contribution in [0.25, 0.3) is 0 Å². The Bertz CT molecular complexity index is 884. The summed E-state index contributed by atoms with van der Waals surface area (Å²) in [6.45, 7) is 0.0354. The topological polar surface area (TPSA) is 119 Å². The van der Waals surface area contributed by atoms with E-state index in [-0.39, 0.29) is 24.3 Å². The number of aromatic carboxylic acids is 1. The van der Waals surface area contributed by atoms with Gasteiger partial charge in [-0.15, -0.1) is 0 Å². The van der Waals surface area contributed by atoms with Crippen LogP contribution in [0.15, 0.2) is 48.5 Å². The number of benzene rings is 2. The SMILES string of the molecule is O=C(NCC#Cc1ccc(C(=O)O)cc1[N+](=O)[O-])OCc1ccccc1. The third-order valence-corrected chi connectivity index (χ3v) is 3.20. The molecule has 8 heteroatoms. The number of nitrogens with zero attached hydrogens (tertiary/aromatic N) is 1. The number of carboxylic acids is 1. The van der Waals surface area contributed by atoms with Gasteiger partial charge in [0.25, 0.3) is 5.69 Å². The second kappa shape index (κ2) is 8.84. The van der Waals surface area contributed by atoms with Crippen LogP contribution in [0.3, 0.4) is 0 Å². The minimum Gasteiger partial charge on any atom is -0.478 e. The molecule has 0 fully saturated rings. The number of amides is 1. The highest BCUT2D eigenvalue weighted by Gasteiger charge is 2.15. The van der Waals surface area contributed by atoms with Gasteiger partial charge in [-0.25, -0.2) is 9.59 Å². The van der Waals surface area contributed by atoms with Crippen LogP contribution in [0.2, 0.25) is 0 Å². The van der Waals surface area contributed by atoms with E-state index < -0.39 is 22.7 Å². The average molecular weight is 354 g/mol. The van der Waals surface area contributed by atoms with Crippen LogP contribution in [0.5, 0.6) is 0 Å². The number of nitro groups is 1. The average Bonchev–Trinajstić information content (AvgIpc) is 2.64. The summed E-state index contributed by atoms with van der Waals surface area (Å²) < 4.78 is 4.99. The summed E-state index contributed by atoms with van der Waals surface area (Å²) in [6.07, 6.45) is -0.668. The molecule has 0 unspecified atom stereocenters. The lowest BCUT2D eigenvalue weighted by atomic mass is 10.1. The molecule has 0 aromatic heterocycles. The second-order valence-corrected chi connectivity index (χ2v) is 5.01. The molecule has 0 saturated heterocycles. The molecule has 0 aliphatic carbocycles. The maximum Gasteiger partial charge on any atom is 0.408 e. The van der Waals surface area contributed by atoms with Crippen molar-refractivity contribution in [3.05, 3.63) is 75.3 Å². The van der Waals surface area contributed by atoms with Crippen LogP contribution in [0.4, 0.5) is 10.5 Å². The Morgan fingerprint density at radius 2 is 1.92 bits per heavy atom. The molecule has 0 bridgehead atoms. The maximum atomic E-state index is 11.5. The van der Waals surface area contributed by atoms with E-state index in [1.807, 2.05) is 30.3 Å². The van der Waals surface area contributed by atoms with Crippen LogP contribution in [-0.4, -0.2) is 28.6 Å². The number of nitrogens with one attached hydrogen (secondary N) is 1. The van der Waals surface area contributed by atoms with Gasteiger partial charge in [0.2, 0.25) is 0 Å². The lowest BCUT2D eigenvalue weighted by Crippen LogP contribution is -2.24. The van der Waals surface area contributed by atoms with Gasteiger partial charge in [0.15, 0.2) is 0 Å². The van der Waals surface area contributed by atoms with Gasteiger partial charge in [-0.05, 0) is 17.7 Å². The Balaban J connectivity index is 1.92. The molecule has 132 valence electrons. The molecule has 0 radical (unpaired) electrons. The van der Waals surface area contributed by atoms with E-state index in [2.05, 4.69) is 17.2 Å². The monoisotopic (exact) mass is 354 g/mol. The molecule has 1 amide bonds. The summed E-state index contributed by atoms with van der Waals surface area (Å²) >= 11 is 0. The van der Waals surface area contributed by atoms with Gasteiger partial charge in [0, 0.05) is 6.07 Å². The van der Waals surface area contributed by atoms with Crippen molar-refractivity contribution in [2.24, 2.45) is 0 Å². The predicted octanol–water partition coefficient (Wildman–Crippen LogP) is 2.57. The first-order valence-electron chi connectivity index (χ1n) is 7.42. The first kappa shape index (κ1) is 18.5. The maximum absolute atomic E-state index is 11.5. The Morgan fingerprint density at radius 1 is 1.19 bits per heavy atom. The molecule has 2 aromatic rings. The molecule has 0 heterocycles. The molecule has 8 nitrogen and oxygen atoms in total. The summed E-state index contributed by atoms with van der Waals surface area (Å²) in [5.74, 6) is 3.83. The molecule has 2 N–H and O–H groups in total. The van der Waals surface area contributed by atoms with Crippen LogP contribution in [0, 0.1) is 22.0 Å². The normalized spacial score (nSPS) is 9.54. The largest absolute Gasteiger partial charge is 0.478 e. The number of alkyl carbamates (subject to hydrolysis) is 1. The van der Waals surface area contributed by atoms with Gasteiger partial charge in [-0.3, -0.25) is 10.1 Å². The van der Waals surface area contributed by atoms with E-state index >= 15 is 0 Å². The molecule has 0 saturated carbocycles. The van der Waals surface area contributed by atoms with Crippen LogP contribution in [-0.2, 0) is 11.3 Å². The van der Waals surface area contributed by atoms with E-state index in [0.29, 0.717) is 0 Å². The second-order valence-electron chi connectivity index (χ2n) is 5.01. The molecule has 0 atom stereocenters. The summed E-state index contributed by atoms with van der Waals surface area (Å²) in [5, 5.41) is 22.3. The van der Waals surface area contributed by atoms with E-state index in [1.165, 1.54) is 12.1 Å². The van der Waals surface area contributed by atoms with Crippen molar-refractivity contribution in [1.82, 2.24) is 5.32 Å². The summed E-state index contributed by atoms with van der Waals surface area (Å²) in [4.78, 5) is 32.7. The van der Waals surface area contributed by atoms with Crippen molar-refractivity contribution in [2.75, 3.05) is 6.54 Å². The third kappa shape index (κ3) is 5.35. The molecule has 2 aromatic carbocycles. The van der Waals surface area contributed by atoms with Gasteiger partial charge >= 0.3 is 12.1 Å². The third-order valence-electron chi connectivity index (χ3n) is 3.20. The highest BCUT2D eigenvalue weighted by atomic mass is 16.6. The number of nitro benzene ring substituents is 1. The van der Waals surface area contributed by atoms with Gasteiger partial charge in [0.1, 0.15) is 12.2 Å². The van der Waals surface area contributed by atoms with Gasteiger partial charge in [-0.2, -0.15) is 0 Å². The zero-order chi connectivity index (χ0) is 18.9. The van der Waals surface area contributed by atoms with E-state index in [1.54, 1.807) is 0 Å². The molecular formula is C18H14N2O6. The Kier molecular flexibility index (Phi) is 6.28. The highest BCUT2D eigenvalue weighted by molar-refractivity contribution is 5.88. The van der Waals surface area contributed by atoms with Gasteiger partial charge < -0.3 is 15.2 Å². The number of carbonyl (C=O) groups excluding carboxylic acids is 1. The standard InChI is InChI=1S/C18H14N2O6/c21-17(22)15-9-8-14(16(11-15)20(24)25)7-4-10-19-18(23)26-12-13-5-2-1-3-6-13/h1-3,5-6,8-9,11H,10,12H2,(H,19,23)(H,21,22). The fourth-order valence-electron chi connectivity index (χ4n) is 1.95. The van der Waals surface area contributed by atoms with Crippen LogP contribution in [0.1, 0.15) is 21.5 Å². The van der Waals surface area contributed by atoms with Crippen molar-refractivity contribution in [2.45, 2.75) is 6.61 Å². The number of hydrogen-bond acceptors (Lipinski definition) is 5. The van der Waals surface area contributed by atoms with E-state index in [9.17, 15) is 19.7 Å². The van der Waals surface area contributed by atoms with Crippen molar-refractivity contribution in [3.8, 4) is 11.8 Å². The zero-order valence-electron chi connectivity index (χ0n) is 13.5. The zero-order valence-corrected chi connectivity index (χ0v) is 13.5. The molecule has 0 spiro atoms. The minimum absolute atomic E-state index is 0.0550. The number of carboxylic acid groups (broad SMARTS) is 1. The Morgan fingerprint density at radius 3 is 2.58 bits per heavy atom. The first-order valence-corrected chi connectivity index (χ1v) is 7.42. The van der Waals surface area contributed by atoms with Crippen molar-refractivity contribution < 1.29 is 24.4 Å². The van der Waals surface area contributed by atoms with Gasteiger partial charge in [0.05, 0.1) is 17.0 Å². The first-order chi connectivity index (χ1) is 12.5. The smallest absolute Gasteiger partial charge is 0.408 e. The fourth-order valence-corrected chi connectivity index (χ4v) is 1.95. The summed E-state index contributed by atoms with van der Waals surface area (Å²) in [5.41, 5.74) is 0.274. The van der Waals surface area contributed by atoms with Crippen molar-refractivity contribution in [1.29, 1.82) is 0 Å². The van der Waals surface area contributed by atoms with Crippen molar-refractivity contribution >= 4 is 17.7 Å². The van der Waals surface area contributed by atoms with Crippen LogP contribution >= 0.6 is 0 Å². The summed E-state index contributed by atoms with van der Waals surface area (Å²) in [6, 6.07) is 12.5. The summed E-state index contributed by atoms with van der Waals surface area (Å²) in [7, 11) is 0. The number of rotatable bonds is 5. The Hall–Kier alpha value is -3.86. The number of hydrogen-bond donors (Lipinski definition) is 2. The molecule has 2 rings (SSSR count). The number of ether oxygens (including phenoxy) is 1. The number of carbonyl (C=O) groups is 2. The molecule has 0 aliphatic heterocycles. The van der Waals surface area contributed by atoms with Crippen LogP contribution < -0.4 is 5.32 Å². The lowest BCUT2D eigenvalue weighted by molar-refractivity contribution is -0.385. The quantitative estimate of drug-likeness (QED) is 0.484.